The molecule has 3 N–H and O–H groups in total. The molecule has 2 atom stereocenters. The lowest BCUT2D eigenvalue weighted by Gasteiger charge is -2.23. The van der Waals surface area contributed by atoms with Gasteiger partial charge >= 0.3 is 0 Å². The zero-order valence-corrected chi connectivity index (χ0v) is 12.2. The number of H-pyrrole nitrogens is 1. The average molecular weight is 281 g/mol. The molecule has 0 aromatic carbocycles. The number of aromatic nitrogens is 3. The normalized spacial score (nSPS) is 29.5. The van der Waals surface area contributed by atoms with Crippen LogP contribution in [0.5, 0.6) is 0 Å². The van der Waals surface area contributed by atoms with Crippen molar-refractivity contribution in [3.8, 4) is 0 Å². The third-order valence-electron chi connectivity index (χ3n) is 4.09. The molecule has 0 bridgehead atoms. The number of hydrogen-bond donors (Lipinski definition) is 2. The minimum Gasteiger partial charge on any atom is -0.367 e. The van der Waals surface area contributed by atoms with Crippen molar-refractivity contribution in [3.05, 3.63) is 5.82 Å². The van der Waals surface area contributed by atoms with Crippen LogP contribution in [-0.4, -0.2) is 45.0 Å². The Labute approximate surface area is 118 Å². The largest absolute Gasteiger partial charge is 0.367 e. The summed E-state index contributed by atoms with van der Waals surface area (Å²) in [6.45, 7) is 3.82. The number of thioether (sulfide) groups is 1. The highest BCUT2D eigenvalue weighted by molar-refractivity contribution is 8.00. The number of aromatic amines is 1. The van der Waals surface area contributed by atoms with Crippen molar-refractivity contribution in [2.24, 2.45) is 0 Å². The molecule has 3 rings (SSSR count). The Kier molecular flexibility index (Phi) is 4.28. The van der Waals surface area contributed by atoms with Crippen molar-refractivity contribution in [1.29, 1.82) is 0 Å². The SMILES string of the molecule is Nc1n[nH]c(C2CCC(CN3CCCCCC3)S2)n1. The van der Waals surface area contributed by atoms with E-state index in [1.807, 2.05) is 11.8 Å². The summed E-state index contributed by atoms with van der Waals surface area (Å²) in [5.74, 6) is 1.33. The van der Waals surface area contributed by atoms with Crippen LogP contribution >= 0.6 is 11.8 Å². The van der Waals surface area contributed by atoms with E-state index in [1.54, 1.807) is 0 Å². The smallest absolute Gasteiger partial charge is 0.239 e. The van der Waals surface area contributed by atoms with Crippen molar-refractivity contribution < 1.29 is 0 Å². The molecule has 0 saturated carbocycles. The summed E-state index contributed by atoms with van der Waals surface area (Å²) in [6, 6.07) is 0. The number of rotatable bonds is 3. The second-order valence-corrected chi connectivity index (χ2v) is 7.13. The van der Waals surface area contributed by atoms with Crippen molar-refractivity contribution in [1.82, 2.24) is 20.1 Å². The number of likely N-dealkylation sites (tertiary alicyclic amines) is 1. The quantitative estimate of drug-likeness (QED) is 0.889. The van der Waals surface area contributed by atoms with Gasteiger partial charge in [0.05, 0.1) is 5.25 Å². The minimum absolute atomic E-state index is 0.367. The molecule has 1 aromatic heterocycles. The molecule has 1 aromatic rings. The van der Waals surface area contributed by atoms with Crippen LogP contribution in [0.25, 0.3) is 0 Å². The van der Waals surface area contributed by atoms with E-state index in [2.05, 4.69) is 20.1 Å². The van der Waals surface area contributed by atoms with Gasteiger partial charge in [-0.05, 0) is 38.8 Å². The summed E-state index contributed by atoms with van der Waals surface area (Å²) in [7, 11) is 0. The van der Waals surface area contributed by atoms with Gasteiger partial charge in [-0.25, -0.2) is 0 Å². The van der Waals surface area contributed by atoms with E-state index in [1.165, 1.54) is 58.2 Å². The van der Waals surface area contributed by atoms with Crippen LogP contribution in [0, 0.1) is 0 Å². The Balaban J connectivity index is 1.51. The van der Waals surface area contributed by atoms with Crippen molar-refractivity contribution in [2.75, 3.05) is 25.4 Å². The van der Waals surface area contributed by atoms with Crippen molar-refractivity contribution >= 4 is 17.7 Å². The Morgan fingerprint density at radius 3 is 2.68 bits per heavy atom. The van der Waals surface area contributed by atoms with Gasteiger partial charge in [-0.3, -0.25) is 5.10 Å². The minimum atomic E-state index is 0.367. The molecule has 0 radical (unpaired) electrons. The maximum atomic E-state index is 5.58. The molecular formula is C13H23N5S. The highest BCUT2D eigenvalue weighted by atomic mass is 32.2. The fourth-order valence-electron chi connectivity index (χ4n) is 3.08. The van der Waals surface area contributed by atoms with E-state index in [0.29, 0.717) is 11.2 Å². The predicted octanol–water partition coefficient (Wildman–Crippen LogP) is 2.20. The Bertz CT molecular complexity index is 399. The van der Waals surface area contributed by atoms with E-state index >= 15 is 0 Å². The number of nitrogens with two attached hydrogens (primary N) is 1. The van der Waals surface area contributed by atoms with E-state index in [-0.39, 0.29) is 0 Å². The van der Waals surface area contributed by atoms with Crippen molar-refractivity contribution in [2.45, 2.75) is 49.0 Å². The summed E-state index contributed by atoms with van der Waals surface area (Å²) in [5.41, 5.74) is 5.58. The highest BCUT2D eigenvalue weighted by Crippen LogP contribution is 2.43. The first-order valence-corrected chi connectivity index (χ1v) is 8.31. The second-order valence-electron chi connectivity index (χ2n) is 5.62. The third-order valence-corrected chi connectivity index (χ3v) is 5.65. The Hall–Kier alpha value is -0.750. The van der Waals surface area contributed by atoms with Crippen LogP contribution in [-0.2, 0) is 0 Å². The first-order valence-electron chi connectivity index (χ1n) is 7.37. The van der Waals surface area contributed by atoms with E-state index in [0.717, 1.165) is 11.1 Å². The second kappa shape index (κ2) is 6.13. The molecule has 0 amide bonds. The van der Waals surface area contributed by atoms with Crippen LogP contribution in [0.1, 0.15) is 49.6 Å². The zero-order chi connectivity index (χ0) is 13.1. The molecule has 106 valence electrons. The number of anilines is 1. The lowest BCUT2D eigenvalue weighted by Crippen LogP contribution is -2.30. The monoisotopic (exact) mass is 281 g/mol. The molecule has 0 spiro atoms. The van der Waals surface area contributed by atoms with Crippen LogP contribution in [0.3, 0.4) is 0 Å². The molecule has 3 heterocycles. The zero-order valence-electron chi connectivity index (χ0n) is 11.3. The van der Waals surface area contributed by atoms with Crippen LogP contribution in [0.15, 0.2) is 0 Å². The van der Waals surface area contributed by atoms with Gasteiger partial charge in [-0.15, -0.1) is 16.9 Å². The van der Waals surface area contributed by atoms with Gasteiger partial charge in [0.25, 0.3) is 0 Å². The summed E-state index contributed by atoms with van der Waals surface area (Å²) < 4.78 is 0. The van der Waals surface area contributed by atoms with Gasteiger partial charge < -0.3 is 10.6 Å². The molecule has 2 aliphatic rings. The average Bonchev–Trinajstić information content (AvgIpc) is 2.94. The fourth-order valence-corrected chi connectivity index (χ4v) is 4.62. The number of nitrogens with zero attached hydrogens (tertiary/aromatic N) is 3. The molecule has 5 nitrogen and oxygen atoms in total. The summed E-state index contributed by atoms with van der Waals surface area (Å²) >= 11 is 2.05. The number of hydrogen-bond acceptors (Lipinski definition) is 5. The van der Waals surface area contributed by atoms with E-state index < -0.39 is 0 Å². The Morgan fingerprint density at radius 1 is 1.21 bits per heavy atom. The molecule has 2 saturated heterocycles. The highest BCUT2D eigenvalue weighted by Gasteiger charge is 2.30. The molecule has 0 aliphatic carbocycles. The third kappa shape index (κ3) is 3.42. The van der Waals surface area contributed by atoms with Gasteiger partial charge in [-0.2, -0.15) is 4.98 Å². The molecule has 19 heavy (non-hydrogen) atoms. The van der Waals surface area contributed by atoms with Crippen LogP contribution in [0.2, 0.25) is 0 Å². The van der Waals surface area contributed by atoms with Gasteiger partial charge in [0.1, 0.15) is 5.82 Å². The molecule has 2 fully saturated rings. The molecular weight excluding hydrogens is 258 g/mol. The summed E-state index contributed by atoms with van der Waals surface area (Å²) in [4.78, 5) is 6.92. The number of nitrogens with one attached hydrogen (secondary N) is 1. The van der Waals surface area contributed by atoms with Crippen LogP contribution < -0.4 is 5.73 Å². The first kappa shape index (κ1) is 13.2. The summed E-state index contributed by atoms with van der Waals surface area (Å²) in [6.07, 6.45) is 8.05. The summed E-state index contributed by atoms with van der Waals surface area (Å²) in [5, 5.41) is 8.10. The van der Waals surface area contributed by atoms with E-state index in [9.17, 15) is 0 Å². The predicted molar refractivity (Wildman–Crippen MR) is 79.1 cm³/mol. The Morgan fingerprint density at radius 2 is 2.00 bits per heavy atom. The lowest BCUT2D eigenvalue weighted by atomic mass is 10.2. The number of nitrogen functional groups attached to an aromatic ring is 1. The van der Waals surface area contributed by atoms with Gasteiger partial charge in [0.15, 0.2) is 0 Å². The standard InChI is InChI=1S/C13H23N5S/c14-13-15-12(16-17-13)11-6-5-10(19-11)9-18-7-3-1-2-4-8-18/h10-11H,1-9H2,(H3,14,15,16,17). The van der Waals surface area contributed by atoms with Gasteiger partial charge in [-0.1, -0.05) is 12.8 Å². The van der Waals surface area contributed by atoms with Crippen molar-refractivity contribution in [3.63, 3.8) is 0 Å². The van der Waals surface area contributed by atoms with Gasteiger partial charge in [0, 0.05) is 11.8 Å². The molecule has 2 aliphatic heterocycles. The first-order chi connectivity index (χ1) is 9.31. The fraction of sp³-hybridized carbons (Fsp3) is 0.846. The maximum Gasteiger partial charge on any atom is 0.239 e. The van der Waals surface area contributed by atoms with Gasteiger partial charge in [0.2, 0.25) is 5.95 Å². The molecule has 6 heteroatoms. The molecule has 2 unspecified atom stereocenters. The topological polar surface area (TPSA) is 70.8 Å². The van der Waals surface area contributed by atoms with Crippen LogP contribution in [0.4, 0.5) is 5.95 Å². The lowest BCUT2D eigenvalue weighted by molar-refractivity contribution is 0.284. The van der Waals surface area contributed by atoms with E-state index in [4.69, 9.17) is 5.73 Å². The maximum absolute atomic E-state index is 5.58.